The summed E-state index contributed by atoms with van der Waals surface area (Å²) in [4.78, 5) is 24.1. The lowest BCUT2D eigenvalue weighted by molar-refractivity contribution is -0.125. The Morgan fingerprint density at radius 2 is 2.03 bits per heavy atom. The van der Waals surface area contributed by atoms with E-state index >= 15 is 0 Å². The molecule has 0 unspecified atom stereocenters. The number of benzene rings is 1. The SMILES string of the molecule is CCc1noc2nc(C)nc(N3CCC[C@@H](C(=O)NCCc4ccc(C)cc4)C3)c12. The fourth-order valence-electron chi connectivity index (χ4n) is 4.08. The van der Waals surface area contributed by atoms with Crippen molar-refractivity contribution in [2.75, 3.05) is 24.5 Å². The van der Waals surface area contributed by atoms with Crippen LogP contribution in [0, 0.1) is 19.8 Å². The van der Waals surface area contributed by atoms with Gasteiger partial charge in [-0.15, -0.1) is 0 Å². The summed E-state index contributed by atoms with van der Waals surface area (Å²) in [5.41, 5.74) is 3.88. The highest BCUT2D eigenvalue weighted by Crippen LogP contribution is 2.30. The van der Waals surface area contributed by atoms with Crippen LogP contribution in [0.1, 0.15) is 42.4 Å². The molecule has 2 aromatic heterocycles. The van der Waals surface area contributed by atoms with E-state index in [9.17, 15) is 4.79 Å². The molecule has 3 heterocycles. The molecule has 1 saturated heterocycles. The fraction of sp³-hybridized carbons (Fsp3) is 0.478. The van der Waals surface area contributed by atoms with Crippen LogP contribution < -0.4 is 10.2 Å². The van der Waals surface area contributed by atoms with E-state index in [4.69, 9.17) is 9.51 Å². The third-order valence-electron chi connectivity index (χ3n) is 5.76. The number of hydrogen-bond donors (Lipinski definition) is 1. The second-order valence-corrected chi connectivity index (χ2v) is 8.07. The van der Waals surface area contributed by atoms with Crippen molar-refractivity contribution in [1.82, 2.24) is 20.4 Å². The number of carbonyl (C=O) groups is 1. The number of carbonyl (C=O) groups excluding carboxylic acids is 1. The molecule has 3 aromatic rings. The standard InChI is InChI=1S/C23H29N5O2/c1-4-19-20-21(25-16(3)26-23(20)30-27-19)28-13-5-6-18(14-28)22(29)24-12-11-17-9-7-15(2)8-10-17/h7-10,18H,4-6,11-14H2,1-3H3,(H,24,29)/t18-/m1/s1. The van der Waals surface area contributed by atoms with Crippen LogP contribution in [0.3, 0.4) is 0 Å². The van der Waals surface area contributed by atoms with Crippen LogP contribution in [0.25, 0.3) is 11.1 Å². The number of fused-ring (bicyclic) bond motifs is 1. The summed E-state index contributed by atoms with van der Waals surface area (Å²) in [6.07, 6.45) is 3.44. The van der Waals surface area contributed by atoms with Crippen molar-refractivity contribution in [1.29, 1.82) is 0 Å². The number of anilines is 1. The predicted molar refractivity (Wildman–Crippen MR) is 117 cm³/mol. The highest BCUT2D eigenvalue weighted by molar-refractivity contribution is 5.89. The largest absolute Gasteiger partial charge is 0.355 e. The fourth-order valence-corrected chi connectivity index (χ4v) is 4.08. The monoisotopic (exact) mass is 407 g/mol. The zero-order chi connectivity index (χ0) is 21.1. The molecule has 4 rings (SSSR count). The topological polar surface area (TPSA) is 84.2 Å². The molecule has 0 radical (unpaired) electrons. The third-order valence-corrected chi connectivity index (χ3v) is 5.76. The number of nitrogens with one attached hydrogen (secondary N) is 1. The van der Waals surface area contributed by atoms with Gasteiger partial charge in [-0.25, -0.2) is 4.98 Å². The molecule has 1 N–H and O–H groups in total. The van der Waals surface area contributed by atoms with Gasteiger partial charge >= 0.3 is 0 Å². The second-order valence-electron chi connectivity index (χ2n) is 8.07. The van der Waals surface area contributed by atoms with Gasteiger partial charge in [-0.1, -0.05) is 41.9 Å². The molecule has 1 atom stereocenters. The van der Waals surface area contributed by atoms with Crippen molar-refractivity contribution in [3.8, 4) is 0 Å². The zero-order valence-corrected chi connectivity index (χ0v) is 17.9. The Hall–Kier alpha value is -2.96. The molecule has 1 fully saturated rings. The van der Waals surface area contributed by atoms with E-state index in [-0.39, 0.29) is 11.8 Å². The van der Waals surface area contributed by atoms with Gasteiger partial charge in [0.05, 0.1) is 11.6 Å². The van der Waals surface area contributed by atoms with Crippen molar-refractivity contribution in [3.05, 3.63) is 46.9 Å². The molecular weight excluding hydrogens is 378 g/mol. The van der Waals surface area contributed by atoms with Crippen molar-refractivity contribution in [2.24, 2.45) is 5.92 Å². The van der Waals surface area contributed by atoms with Gasteiger partial charge in [0.1, 0.15) is 17.0 Å². The van der Waals surface area contributed by atoms with Crippen molar-refractivity contribution < 1.29 is 9.32 Å². The third kappa shape index (κ3) is 4.30. The predicted octanol–water partition coefficient (Wildman–Crippen LogP) is 3.37. The molecule has 0 spiro atoms. The zero-order valence-electron chi connectivity index (χ0n) is 17.9. The first kappa shape index (κ1) is 20.3. The molecule has 1 aliphatic heterocycles. The maximum absolute atomic E-state index is 12.8. The van der Waals surface area contributed by atoms with Crippen LogP contribution in [0.15, 0.2) is 28.8 Å². The molecule has 7 heteroatoms. The summed E-state index contributed by atoms with van der Waals surface area (Å²) in [6.45, 7) is 8.15. The molecule has 7 nitrogen and oxygen atoms in total. The van der Waals surface area contributed by atoms with E-state index in [1.807, 2.05) is 13.8 Å². The number of hydrogen-bond acceptors (Lipinski definition) is 6. The number of amides is 1. The van der Waals surface area contributed by atoms with Crippen LogP contribution in [0.5, 0.6) is 0 Å². The highest BCUT2D eigenvalue weighted by Gasteiger charge is 2.29. The molecule has 1 aliphatic rings. The van der Waals surface area contributed by atoms with E-state index in [0.717, 1.165) is 49.1 Å². The molecule has 0 saturated carbocycles. The average molecular weight is 408 g/mol. The Morgan fingerprint density at radius 1 is 1.23 bits per heavy atom. The smallest absolute Gasteiger partial charge is 0.263 e. The number of aryl methyl sites for hydroxylation is 3. The first-order valence-corrected chi connectivity index (χ1v) is 10.8. The van der Waals surface area contributed by atoms with E-state index in [1.165, 1.54) is 11.1 Å². The maximum atomic E-state index is 12.8. The van der Waals surface area contributed by atoms with Crippen LogP contribution in [-0.2, 0) is 17.6 Å². The maximum Gasteiger partial charge on any atom is 0.263 e. The Balaban J connectivity index is 1.43. The molecule has 1 amide bonds. The van der Waals surface area contributed by atoms with Crippen LogP contribution >= 0.6 is 0 Å². The van der Waals surface area contributed by atoms with Gasteiger partial charge in [0, 0.05) is 19.6 Å². The normalized spacial score (nSPS) is 16.8. The molecule has 0 aliphatic carbocycles. The number of piperidine rings is 1. The molecular formula is C23H29N5O2. The van der Waals surface area contributed by atoms with Crippen LogP contribution in [-0.4, -0.2) is 40.7 Å². The summed E-state index contributed by atoms with van der Waals surface area (Å²) in [6, 6.07) is 8.46. The number of nitrogens with zero attached hydrogens (tertiary/aromatic N) is 4. The van der Waals surface area contributed by atoms with Gasteiger partial charge in [0.15, 0.2) is 0 Å². The average Bonchev–Trinajstić information content (AvgIpc) is 3.17. The molecule has 158 valence electrons. The van der Waals surface area contributed by atoms with Gasteiger partial charge in [-0.05, 0) is 45.1 Å². The van der Waals surface area contributed by atoms with Crippen LogP contribution in [0.2, 0.25) is 0 Å². The van der Waals surface area contributed by atoms with Gasteiger partial charge in [0.25, 0.3) is 5.71 Å². The minimum absolute atomic E-state index is 0.0491. The Labute approximate surface area is 176 Å². The molecule has 1 aromatic carbocycles. The number of aromatic nitrogens is 3. The van der Waals surface area contributed by atoms with Crippen LogP contribution in [0.4, 0.5) is 5.82 Å². The quantitative estimate of drug-likeness (QED) is 0.674. The Kier molecular flexibility index (Phi) is 5.97. The first-order valence-electron chi connectivity index (χ1n) is 10.8. The Morgan fingerprint density at radius 3 is 2.80 bits per heavy atom. The van der Waals surface area contributed by atoms with Gasteiger partial charge < -0.3 is 14.7 Å². The summed E-state index contributed by atoms with van der Waals surface area (Å²) < 4.78 is 5.42. The van der Waals surface area contributed by atoms with Gasteiger partial charge in [-0.3, -0.25) is 4.79 Å². The van der Waals surface area contributed by atoms with E-state index in [2.05, 4.69) is 51.5 Å². The minimum Gasteiger partial charge on any atom is -0.355 e. The molecule has 30 heavy (non-hydrogen) atoms. The van der Waals surface area contributed by atoms with Crippen molar-refractivity contribution in [2.45, 2.75) is 46.5 Å². The number of rotatable bonds is 6. The molecule has 0 bridgehead atoms. The Bertz CT molecular complexity index is 1030. The lowest BCUT2D eigenvalue weighted by Crippen LogP contribution is -2.44. The van der Waals surface area contributed by atoms with E-state index in [0.29, 0.717) is 24.6 Å². The van der Waals surface area contributed by atoms with E-state index in [1.54, 1.807) is 0 Å². The lowest BCUT2D eigenvalue weighted by atomic mass is 9.96. The van der Waals surface area contributed by atoms with E-state index < -0.39 is 0 Å². The van der Waals surface area contributed by atoms with Crippen molar-refractivity contribution in [3.63, 3.8) is 0 Å². The minimum atomic E-state index is -0.0491. The summed E-state index contributed by atoms with van der Waals surface area (Å²) in [7, 11) is 0. The highest BCUT2D eigenvalue weighted by atomic mass is 16.5. The second kappa shape index (κ2) is 8.81. The summed E-state index contributed by atoms with van der Waals surface area (Å²) in [5, 5.41) is 8.16. The first-order chi connectivity index (χ1) is 14.5. The van der Waals surface area contributed by atoms with Crippen molar-refractivity contribution >= 4 is 22.8 Å². The van der Waals surface area contributed by atoms with Gasteiger partial charge in [0.2, 0.25) is 5.91 Å². The lowest BCUT2D eigenvalue weighted by Gasteiger charge is -2.33. The van der Waals surface area contributed by atoms with Gasteiger partial charge in [-0.2, -0.15) is 4.98 Å². The summed E-state index contributed by atoms with van der Waals surface area (Å²) in [5.74, 6) is 1.57. The summed E-state index contributed by atoms with van der Waals surface area (Å²) >= 11 is 0.